The predicted molar refractivity (Wildman–Crippen MR) is 72.7 cm³/mol. The summed E-state index contributed by atoms with van der Waals surface area (Å²) in [5.41, 5.74) is 0.0549. The maximum atomic E-state index is 13.5. The standard InChI is InChI=1S/C14H13F2N3O/c1-2-17-13-10(7-9(15)8-18-13)14(20)19-12-6-4-3-5-11(12)16/h3-8H,2H2,1H3,(H,17,18)(H,19,20). The van der Waals surface area contributed by atoms with Crippen molar-refractivity contribution in [1.82, 2.24) is 4.98 Å². The van der Waals surface area contributed by atoms with Crippen molar-refractivity contribution in [3.8, 4) is 0 Å². The quantitative estimate of drug-likeness (QED) is 0.903. The second kappa shape index (κ2) is 6.10. The Morgan fingerprint density at radius 1 is 1.30 bits per heavy atom. The predicted octanol–water partition coefficient (Wildman–Crippen LogP) is 3.04. The lowest BCUT2D eigenvalue weighted by molar-refractivity contribution is 0.102. The third-order valence-corrected chi connectivity index (χ3v) is 2.57. The van der Waals surface area contributed by atoms with Crippen molar-refractivity contribution in [1.29, 1.82) is 0 Å². The van der Waals surface area contributed by atoms with E-state index in [1.807, 2.05) is 6.92 Å². The Balaban J connectivity index is 2.29. The third-order valence-electron chi connectivity index (χ3n) is 2.57. The van der Waals surface area contributed by atoms with Crippen LogP contribution < -0.4 is 10.6 Å². The molecule has 2 N–H and O–H groups in total. The van der Waals surface area contributed by atoms with E-state index in [0.29, 0.717) is 6.54 Å². The van der Waals surface area contributed by atoms with Gasteiger partial charge in [0.2, 0.25) is 0 Å². The number of nitrogens with zero attached hydrogens (tertiary/aromatic N) is 1. The SMILES string of the molecule is CCNc1ncc(F)cc1C(=O)Nc1ccccc1F. The van der Waals surface area contributed by atoms with Crippen LogP contribution in [-0.2, 0) is 0 Å². The summed E-state index contributed by atoms with van der Waals surface area (Å²) in [6, 6.07) is 6.81. The van der Waals surface area contributed by atoms with Crippen LogP contribution in [0, 0.1) is 11.6 Å². The molecule has 0 saturated carbocycles. The van der Waals surface area contributed by atoms with Crippen LogP contribution in [0.3, 0.4) is 0 Å². The summed E-state index contributed by atoms with van der Waals surface area (Å²) >= 11 is 0. The van der Waals surface area contributed by atoms with E-state index in [-0.39, 0.29) is 17.1 Å². The first-order valence-corrected chi connectivity index (χ1v) is 6.07. The van der Waals surface area contributed by atoms with E-state index in [1.165, 1.54) is 18.2 Å². The molecule has 20 heavy (non-hydrogen) atoms. The fourth-order valence-electron chi connectivity index (χ4n) is 1.67. The highest BCUT2D eigenvalue weighted by atomic mass is 19.1. The molecule has 2 aromatic rings. The number of benzene rings is 1. The Labute approximate surface area is 114 Å². The molecule has 6 heteroatoms. The van der Waals surface area contributed by atoms with Crippen molar-refractivity contribution >= 4 is 17.4 Å². The number of hydrogen-bond donors (Lipinski definition) is 2. The van der Waals surface area contributed by atoms with Gasteiger partial charge in [-0.05, 0) is 25.1 Å². The summed E-state index contributed by atoms with van der Waals surface area (Å²) in [4.78, 5) is 15.9. The van der Waals surface area contributed by atoms with Crippen molar-refractivity contribution in [3.05, 3.63) is 53.7 Å². The lowest BCUT2D eigenvalue weighted by atomic mass is 10.2. The number of nitrogens with one attached hydrogen (secondary N) is 2. The Bertz CT molecular complexity index is 632. The minimum Gasteiger partial charge on any atom is -0.370 e. The van der Waals surface area contributed by atoms with Gasteiger partial charge in [-0.1, -0.05) is 12.1 Å². The van der Waals surface area contributed by atoms with E-state index >= 15 is 0 Å². The number of pyridine rings is 1. The van der Waals surface area contributed by atoms with Gasteiger partial charge in [0.15, 0.2) is 0 Å². The molecule has 0 atom stereocenters. The average molecular weight is 277 g/mol. The summed E-state index contributed by atoms with van der Waals surface area (Å²) in [5, 5.41) is 5.24. The molecule has 0 bridgehead atoms. The van der Waals surface area contributed by atoms with Crippen molar-refractivity contribution in [2.45, 2.75) is 6.92 Å². The zero-order valence-corrected chi connectivity index (χ0v) is 10.8. The number of carbonyl (C=O) groups is 1. The summed E-state index contributed by atoms with van der Waals surface area (Å²) in [5.74, 6) is -1.57. The van der Waals surface area contributed by atoms with E-state index in [0.717, 1.165) is 12.3 Å². The number of rotatable bonds is 4. The van der Waals surface area contributed by atoms with Gasteiger partial charge in [-0.2, -0.15) is 0 Å². The first-order valence-electron chi connectivity index (χ1n) is 6.07. The van der Waals surface area contributed by atoms with Crippen LogP contribution in [0.25, 0.3) is 0 Å². The molecule has 0 unspecified atom stereocenters. The molecule has 0 radical (unpaired) electrons. The third kappa shape index (κ3) is 3.09. The van der Waals surface area contributed by atoms with Crippen LogP contribution in [0.1, 0.15) is 17.3 Å². The van der Waals surface area contributed by atoms with Gasteiger partial charge in [0.25, 0.3) is 5.91 Å². The van der Waals surface area contributed by atoms with E-state index in [9.17, 15) is 13.6 Å². The second-order valence-electron chi connectivity index (χ2n) is 4.01. The lowest BCUT2D eigenvalue weighted by Gasteiger charge is -2.10. The largest absolute Gasteiger partial charge is 0.370 e. The van der Waals surface area contributed by atoms with E-state index in [2.05, 4.69) is 15.6 Å². The van der Waals surface area contributed by atoms with Gasteiger partial charge in [0.05, 0.1) is 17.4 Å². The van der Waals surface area contributed by atoms with Crippen LogP contribution in [-0.4, -0.2) is 17.4 Å². The minimum atomic E-state index is -0.634. The molecular formula is C14H13F2N3O. The van der Waals surface area contributed by atoms with Gasteiger partial charge in [0.1, 0.15) is 17.5 Å². The minimum absolute atomic E-state index is 0.0232. The highest BCUT2D eigenvalue weighted by Crippen LogP contribution is 2.18. The Hall–Kier alpha value is -2.50. The number of halogens is 2. The summed E-state index contributed by atoms with van der Waals surface area (Å²) in [7, 11) is 0. The van der Waals surface area contributed by atoms with Gasteiger partial charge in [0, 0.05) is 6.54 Å². The number of aromatic nitrogens is 1. The number of hydrogen-bond acceptors (Lipinski definition) is 3. The van der Waals surface area contributed by atoms with E-state index in [4.69, 9.17) is 0 Å². The van der Waals surface area contributed by atoms with E-state index < -0.39 is 17.5 Å². The lowest BCUT2D eigenvalue weighted by Crippen LogP contribution is -2.17. The average Bonchev–Trinajstić information content (AvgIpc) is 2.43. The van der Waals surface area contributed by atoms with Crippen molar-refractivity contribution in [2.75, 3.05) is 17.2 Å². The second-order valence-corrected chi connectivity index (χ2v) is 4.01. The Kier molecular flexibility index (Phi) is 4.24. The maximum Gasteiger partial charge on any atom is 0.259 e. The number of amides is 1. The molecule has 2 rings (SSSR count). The van der Waals surface area contributed by atoms with Crippen molar-refractivity contribution in [3.63, 3.8) is 0 Å². The Morgan fingerprint density at radius 3 is 2.75 bits per heavy atom. The van der Waals surface area contributed by atoms with Crippen LogP contribution in [0.2, 0.25) is 0 Å². The number of carbonyl (C=O) groups excluding carboxylic acids is 1. The number of para-hydroxylation sites is 1. The molecule has 0 spiro atoms. The van der Waals surface area contributed by atoms with Gasteiger partial charge >= 0.3 is 0 Å². The molecule has 1 amide bonds. The van der Waals surface area contributed by atoms with Gasteiger partial charge < -0.3 is 10.6 Å². The molecule has 0 aliphatic carbocycles. The fraction of sp³-hybridized carbons (Fsp3) is 0.143. The molecule has 0 aliphatic heterocycles. The number of anilines is 2. The van der Waals surface area contributed by atoms with Gasteiger partial charge in [-0.25, -0.2) is 13.8 Å². The molecule has 1 aromatic heterocycles. The zero-order valence-electron chi connectivity index (χ0n) is 10.8. The summed E-state index contributed by atoms with van der Waals surface area (Å²) in [6.07, 6.45) is 1.01. The molecule has 104 valence electrons. The maximum absolute atomic E-state index is 13.5. The first kappa shape index (κ1) is 13.9. The smallest absolute Gasteiger partial charge is 0.259 e. The van der Waals surface area contributed by atoms with Gasteiger partial charge in [-0.3, -0.25) is 4.79 Å². The molecule has 1 aromatic carbocycles. The van der Waals surface area contributed by atoms with E-state index in [1.54, 1.807) is 6.07 Å². The van der Waals surface area contributed by atoms with Crippen LogP contribution in [0.4, 0.5) is 20.3 Å². The van der Waals surface area contributed by atoms with Crippen LogP contribution in [0.5, 0.6) is 0 Å². The Morgan fingerprint density at radius 2 is 2.05 bits per heavy atom. The highest BCUT2D eigenvalue weighted by Gasteiger charge is 2.15. The molecule has 4 nitrogen and oxygen atoms in total. The van der Waals surface area contributed by atoms with Crippen LogP contribution in [0.15, 0.2) is 36.5 Å². The topological polar surface area (TPSA) is 54.0 Å². The molecule has 0 saturated heterocycles. The van der Waals surface area contributed by atoms with Gasteiger partial charge in [-0.15, -0.1) is 0 Å². The van der Waals surface area contributed by atoms with Crippen molar-refractivity contribution in [2.24, 2.45) is 0 Å². The van der Waals surface area contributed by atoms with Crippen LogP contribution >= 0.6 is 0 Å². The molecule has 1 heterocycles. The van der Waals surface area contributed by atoms with Crippen molar-refractivity contribution < 1.29 is 13.6 Å². The highest BCUT2D eigenvalue weighted by molar-refractivity contribution is 6.07. The zero-order chi connectivity index (χ0) is 14.5. The molecule has 0 fully saturated rings. The monoisotopic (exact) mass is 277 g/mol. The molecular weight excluding hydrogens is 264 g/mol. The normalized spacial score (nSPS) is 10.2. The molecule has 0 aliphatic rings. The summed E-state index contributed by atoms with van der Waals surface area (Å²) in [6.45, 7) is 2.35. The fourth-order valence-corrected chi connectivity index (χ4v) is 1.67. The first-order chi connectivity index (χ1) is 9.61. The summed E-state index contributed by atoms with van der Waals surface area (Å²) < 4.78 is 26.7.